The third-order valence-electron chi connectivity index (χ3n) is 3.71. The average Bonchev–Trinajstić information content (AvgIpc) is 2.89. The van der Waals surface area contributed by atoms with Gasteiger partial charge in [-0.1, -0.05) is 0 Å². The second-order valence-electron chi connectivity index (χ2n) is 5.00. The van der Waals surface area contributed by atoms with Gasteiger partial charge in [-0.15, -0.1) is 0 Å². The van der Waals surface area contributed by atoms with Gasteiger partial charge in [0.15, 0.2) is 0 Å². The average molecular weight is 237 g/mol. The molecule has 2 unspecified atom stereocenters. The van der Waals surface area contributed by atoms with E-state index in [0.29, 0.717) is 6.04 Å². The highest BCUT2D eigenvalue weighted by atomic mass is 32.2. The fraction of sp³-hybridized carbons (Fsp3) is 0.750. The zero-order valence-electron chi connectivity index (χ0n) is 9.56. The molecule has 16 heavy (non-hydrogen) atoms. The Labute approximate surface area is 101 Å². The van der Waals surface area contributed by atoms with Crippen LogP contribution in [0.2, 0.25) is 0 Å². The predicted molar refractivity (Wildman–Crippen MR) is 67.7 cm³/mol. The highest BCUT2D eigenvalue weighted by molar-refractivity contribution is 7.99. The van der Waals surface area contributed by atoms with Gasteiger partial charge in [-0.05, 0) is 30.3 Å². The summed E-state index contributed by atoms with van der Waals surface area (Å²) < 4.78 is 2.41. The molecule has 2 atom stereocenters. The van der Waals surface area contributed by atoms with Crippen molar-refractivity contribution in [3.05, 3.63) is 17.7 Å². The van der Waals surface area contributed by atoms with Gasteiger partial charge in [-0.25, -0.2) is 4.98 Å². The molecular weight excluding hydrogens is 218 g/mol. The van der Waals surface area contributed by atoms with Crippen molar-refractivity contribution in [2.45, 2.75) is 38.3 Å². The monoisotopic (exact) mass is 237 g/mol. The molecular formula is C12H19N3S. The van der Waals surface area contributed by atoms with E-state index in [1.807, 2.05) is 6.20 Å². The van der Waals surface area contributed by atoms with Gasteiger partial charge in [-0.3, -0.25) is 0 Å². The van der Waals surface area contributed by atoms with Crippen molar-refractivity contribution in [1.82, 2.24) is 9.55 Å². The summed E-state index contributed by atoms with van der Waals surface area (Å²) in [5.74, 6) is 4.81. The third-order valence-corrected chi connectivity index (χ3v) is 4.94. The lowest BCUT2D eigenvalue weighted by Gasteiger charge is -2.22. The maximum absolute atomic E-state index is 5.98. The summed E-state index contributed by atoms with van der Waals surface area (Å²) in [7, 11) is 0. The highest BCUT2D eigenvalue weighted by Gasteiger charge is 2.22. The van der Waals surface area contributed by atoms with E-state index in [2.05, 4.69) is 21.3 Å². The van der Waals surface area contributed by atoms with E-state index in [1.165, 1.54) is 35.9 Å². The number of hydrogen-bond acceptors (Lipinski definition) is 3. The van der Waals surface area contributed by atoms with E-state index in [0.717, 1.165) is 25.3 Å². The van der Waals surface area contributed by atoms with Gasteiger partial charge < -0.3 is 10.3 Å². The first-order chi connectivity index (χ1) is 7.83. The van der Waals surface area contributed by atoms with Gasteiger partial charge >= 0.3 is 0 Å². The number of aromatic nitrogens is 2. The number of thioether (sulfide) groups is 1. The fourth-order valence-electron chi connectivity index (χ4n) is 2.72. The first kappa shape index (κ1) is 10.7. The Morgan fingerprint density at radius 3 is 3.25 bits per heavy atom. The topological polar surface area (TPSA) is 43.8 Å². The third kappa shape index (κ3) is 2.00. The van der Waals surface area contributed by atoms with Gasteiger partial charge in [0.05, 0.1) is 0 Å². The SMILES string of the molecule is NC1CCn2c(cnc2CC2CCSC2)C1. The second-order valence-corrected chi connectivity index (χ2v) is 6.15. The van der Waals surface area contributed by atoms with E-state index in [1.54, 1.807) is 0 Å². The first-order valence-corrected chi connectivity index (χ1v) is 7.35. The normalized spacial score (nSPS) is 29.3. The molecule has 88 valence electrons. The van der Waals surface area contributed by atoms with E-state index in [4.69, 9.17) is 5.73 Å². The van der Waals surface area contributed by atoms with Crippen molar-refractivity contribution in [3.63, 3.8) is 0 Å². The van der Waals surface area contributed by atoms with Crippen LogP contribution in [0.3, 0.4) is 0 Å². The Hall–Kier alpha value is -0.480. The molecule has 3 heterocycles. The summed E-state index contributed by atoms with van der Waals surface area (Å²) in [5, 5.41) is 0. The van der Waals surface area contributed by atoms with Crippen LogP contribution in [-0.2, 0) is 19.4 Å². The number of fused-ring (bicyclic) bond motifs is 1. The molecule has 1 fully saturated rings. The van der Waals surface area contributed by atoms with Crippen LogP contribution in [0.4, 0.5) is 0 Å². The number of rotatable bonds is 2. The quantitative estimate of drug-likeness (QED) is 0.847. The van der Waals surface area contributed by atoms with Gasteiger partial charge in [0, 0.05) is 37.3 Å². The van der Waals surface area contributed by atoms with Crippen LogP contribution >= 0.6 is 11.8 Å². The fourth-order valence-corrected chi connectivity index (χ4v) is 4.01. The smallest absolute Gasteiger partial charge is 0.109 e. The van der Waals surface area contributed by atoms with Crippen LogP contribution in [0, 0.1) is 5.92 Å². The first-order valence-electron chi connectivity index (χ1n) is 6.19. The lowest BCUT2D eigenvalue weighted by atomic mass is 10.0. The molecule has 0 radical (unpaired) electrons. The van der Waals surface area contributed by atoms with Gasteiger partial charge in [-0.2, -0.15) is 11.8 Å². The standard InChI is InChI=1S/C12H19N3S/c13-10-1-3-15-11(6-10)7-14-12(15)5-9-2-4-16-8-9/h7,9-10H,1-6,8,13H2. The van der Waals surface area contributed by atoms with Crippen molar-refractivity contribution in [2.75, 3.05) is 11.5 Å². The summed E-state index contributed by atoms with van der Waals surface area (Å²) >= 11 is 2.08. The minimum absolute atomic E-state index is 0.346. The molecule has 3 rings (SSSR count). The number of nitrogens with two attached hydrogens (primary N) is 1. The Morgan fingerprint density at radius 2 is 2.44 bits per heavy atom. The summed E-state index contributed by atoms with van der Waals surface area (Å²) in [6, 6.07) is 0.346. The van der Waals surface area contributed by atoms with Crippen molar-refractivity contribution < 1.29 is 0 Å². The van der Waals surface area contributed by atoms with Crippen molar-refractivity contribution in [3.8, 4) is 0 Å². The number of nitrogens with zero attached hydrogens (tertiary/aromatic N) is 2. The molecule has 0 aromatic carbocycles. The molecule has 0 saturated carbocycles. The number of hydrogen-bond donors (Lipinski definition) is 1. The van der Waals surface area contributed by atoms with Crippen molar-refractivity contribution in [1.29, 1.82) is 0 Å². The van der Waals surface area contributed by atoms with Crippen LogP contribution in [0.1, 0.15) is 24.4 Å². The lowest BCUT2D eigenvalue weighted by Crippen LogP contribution is -2.31. The van der Waals surface area contributed by atoms with Crippen molar-refractivity contribution >= 4 is 11.8 Å². The van der Waals surface area contributed by atoms with E-state index >= 15 is 0 Å². The minimum atomic E-state index is 0.346. The molecule has 2 N–H and O–H groups in total. The molecule has 1 aromatic rings. The molecule has 1 saturated heterocycles. The van der Waals surface area contributed by atoms with Gasteiger partial charge in [0.1, 0.15) is 5.82 Å². The molecule has 2 aliphatic heterocycles. The molecule has 0 amide bonds. The molecule has 1 aromatic heterocycles. The predicted octanol–water partition coefficient (Wildman–Crippen LogP) is 1.45. The Morgan fingerprint density at radius 1 is 1.50 bits per heavy atom. The largest absolute Gasteiger partial charge is 0.332 e. The van der Waals surface area contributed by atoms with Crippen LogP contribution < -0.4 is 5.73 Å². The van der Waals surface area contributed by atoms with Crippen molar-refractivity contribution in [2.24, 2.45) is 11.7 Å². The molecule has 2 aliphatic rings. The Bertz CT molecular complexity index is 368. The lowest BCUT2D eigenvalue weighted by molar-refractivity contribution is 0.448. The van der Waals surface area contributed by atoms with Crippen LogP contribution in [0.5, 0.6) is 0 Å². The zero-order chi connectivity index (χ0) is 11.0. The van der Waals surface area contributed by atoms with Crippen LogP contribution in [-0.4, -0.2) is 27.1 Å². The maximum atomic E-state index is 5.98. The van der Waals surface area contributed by atoms with Crippen LogP contribution in [0.15, 0.2) is 6.20 Å². The Kier molecular flexibility index (Phi) is 2.94. The summed E-state index contributed by atoms with van der Waals surface area (Å²) in [4.78, 5) is 4.59. The maximum Gasteiger partial charge on any atom is 0.109 e. The molecule has 0 aliphatic carbocycles. The van der Waals surface area contributed by atoms with Gasteiger partial charge in [0.25, 0.3) is 0 Å². The summed E-state index contributed by atoms with van der Waals surface area (Å²) in [6.45, 7) is 1.08. The van der Waals surface area contributed by atoms with E-state index < -0.39 is 0 Å². The highest BCUT2D eigenvalue weighted by Crippen LogP contribution is 2.27. The number of imidazole rings is 1. The molecule has 0 bridgehead atoms. The molecule has 4 heteroatoms. The van der Waals surface area contributed by atoms with E-state index in [-0.39, 0.29) is 0 Å². The summed E-state index contributed by atoms with van der Waals surface area (Å²) in [6.07, 6.45) is 6.69. The Balaban J connectivity index is 1.75. The van der Waals surface area contributed by atoms with Crippen LogP contribution in [0.25, 0.3) is 0 Å². The van der Waals surface area contributed by atoms with Gasteiger partial charge in [0.2, 0.25) is 0 Å². The molecule has 0 spiro atoms. The zero-order valence-corrected chi connectivity index (χ0v) is 10.4. The summed E-state index contributed by atoms with van der Waals surface area (Å²) in [5.41, 5.74) is 7.32. The second kappa shape index (κ2) is 4.41. The van der Waals surface area contributed by atoms with E-state index in [9.17, 15) is 0 Å². The minimum Gasteiger partial charge on any atom is -0.332 e. The molecule has 3 nitrogen and oxygen atoms in total.